The first-order valence-electron chi connectivity index (χ1n) is 4.32. The predicted octanol–water partition coefficient (Wildman–Crippen LogP) is 1.53. The van der Waals surface area contributed by atoms with Gasteiger partial charge in [-0.05, 0) is 25.7 Å². The van der Waals surface area contributed by atoms with Crippen LogP contribution >= 0.6 is 0 Å². The molecule has 2 saturated heterocycles. The highest BCUT2D eigenvalue weighted by Crippen LogP contribution is 1.98. The minimum atomic E-state index is 0.778. The van der Waals surface area contributed by atoms with Gasteiger partial charge < -0.3 is 4.74 Å². The van der Waals surface area contributed by atoms with Gasteiger partial charge in [0.15, 0.2) is 0 Å². The summed E-state index contributed by atoms with van der Waals surface area (Å²) in [7, 11) is 0. The summed E-state index contributed by atoms with van der Waals surface area (Å²) in [5.41, 5.74) is 0. The molecule has 0 radical (unpaired) electrons. The average molecular weight is 160 g/mol. The Morgan fingerprint density at radius 3 is 1.18 bits per heavy atom. The Morgan fingerprint density at radius 1 is 0.545 bits per heavy atom. The van der Waals surface area contributed by atoms with Crippen molar-refractivity contribution in [1.82, 2.24) is 0 Å². The molecule has 0 bridgehead atoms. The fourth-order valence-corrected chi connectivity index (χ4v) is 0.950. The summed E-state index contributed by atoms with van der Waals surface area (Å²) in [5.74, 6) is 0. The van der Waals surface area contributed by atoms with Crippen molar-refractivity contribution in [2.45, 2.75) is 25.7 Å². The van der Waals surface area contributed by atoms with Crippen molar-refractivity contribution in [3.8, 4) is 0 Å². The van der Waals surface area contributed by atoms with Gasteiger partial charge in [-0.1, -0.05) is 0 Å². The molecule has 0 aliphatic carbocycles. The smallest absolute Gasteiger partial charge is 0.0823 e. The standard InChI is InChI=1S/C4H8O2.C4H8O/c1-2-4-6-5-3-1;1-2-4-5-3-1/h1-4H2;1-4H2. The van der Waals surface area contributed by atoms with Crippen LogP contribution in [-0.4, -0.2) is 26.4 Å². The van der Waals surface area contributed by atoms with Crippen LogP contribution < -0.4 is 0 Å². The van der Waals surface area contributed by atoms with Gasteiger partial charge in [-0.25, -0.2) is 9.78 Å². The minimum absolute atomic E-state index is 0.778. The zero-order chi connectivity index (χ0) is 7.78. The molecule has 0 amide bonds. The lowest BCUT2D eigenvalue weighted by Gasteiger charge is -2.07. The summed E-state index contributed by atoms with van der Waals surface area (Å²) in [6.07, 6.45) is 4.86. The lowest BCUT2D eigenvalue weighted by atomic mass is 10.3. The molecule has 11 heavy (non-hydrogen) atoms. The third-order valence-corrected chi connectivity index (χ3v) is 1.62. The molecular formula is C8H16O3. The molecule has 0 N–H and O–H groups in total. The fraction of sp³-hybridized carbons (Fsp3) is 1.00. The first kappa shape index (κ1) is 8.97. The van der Waals surface area contributed by atoms with Gasteiger partial charge in [-0.15, -0.1) is 0 Å². The molecule has 0 aromatic heterocycles. The Kier molecular flexibility index (Phi) is 5.37. The largest absolute Gasteiger partial charge is 0.381 e. The van der Waals surface area contributed by atoms with Crippen molar-refractivity contribution in [2.24, 2.45) is 0 Å². The number of rotatable bonds is 0. The van der Waals surface area contributed by atoms with Gasteiger partial charge in [0, 0.05) is 13.2 Å². The topological polar surface area (TPSA) is 27.7 Å². The second-order valence-electron chi connectivity index (χ2n) is 2.67. The van der Waals surface area contributed by atoms with E-state index in [0.717, 1.165) is 39.3 Å². The van der Waals surface area contributed by atoms with Crippen LogP contribution in [0.4, 0.5) is 0 Å². The predicted molar refractivity (Wildman–Crippen MR) is 41.2 cm³/mol. The van der Waals surface area contributed by atoms with E-state index in [1.807, 2.05) is 0 Å². The Labute approximate surface area is 67.6 Å². The van der Waals surface area contributed by atoms with Crippen LogP contribution in [0.15, 0.2) is 0 Å². The van der Waals surface area contributed by atoms with Gasteiger partial charge in [0.2, 0.25) is 0 Å². The molecule has 0 aromatic carbocycles. The van der Waals surface area contributed by atoms with E-state index in [1.54, 1.807) is 0 Å². The molecule has 2 aliphatic rings. The number of hydrogen-bond donors (Lipinski definition) is 0. The molecule has 66 valence electrons. The maximum Gasteiger partial charge on any atom is 0.0823 e. The first-order chi connectivity index (χ1) is 5.50. The summed E-state index contributed by atoms with van der Waals surface area (Å²) < 4.78 is 4.94. The Bertz CT molecular complexity index is 58.3. The summed E-state index contributed by atoms with van der Waals surface area (Å²) in [4.78, 5) is 9.14. The summed E-state index contributed by atoms with van der Waals surface area (Å²) >= 11 is 0. The van der Waals surface area contributed by atoms with Gasteiger partial charge >= 0.3 is 0 Å². The maximum absolute atomic E-state index is 4.94. The highest BCUT2D eigenvalue weighted by atomic mass is 17.2. The normalized spacial score (nSPS) is 24.0. The van der Waals surface area contributed by atoms with Crippen LogP contribution in [0, 0.1) is 0 Å². The lowest BCUT2D eigenvalue weighted by Crippen LogP contribution is -2.05. The minimum Gasteiger partial charge on any atom is -0.381 e. The molecule has 0 aromatic rings. The van der Waals surface area contributed by atoms with Crippen LogP contribution in [0.1, 0.15) is 25.7 Å². The molecule has 0 atom stereocenters. The van der Waals surface area contributed by atoms with Gasteiger partial charge in [-0.2, -0.15) is 0 Å². The maximum atomic E-state index is 4.94. The van der Waals surface area contributed by atoms with Gasteiger partial charge in [-0.3, -0.25) is 0 Å². The van der Waals surface area contributed by atoms with Crippen LogP contribution in [0.2, 0.25) is 0 Å². The van der Waals surface area contributed by atoms with Crippen LogP contribution in [0.25, 0.3) is 0 Å². The molecular weight excluding hydrogens is 144 g/mol. The van der Waals surface area contributed by atoms with Gasteiger partial charge in [0.25, 0.3) is 0 Å². The van der Waals surface area contributed by atoms with E-state index >= 15 is 0 Å². The van der Waals surface area contributed by atoms with Crippen LogP contribution in [-0.2, 0) is 14.5 Å². The molecule has 3 heteroatoms. The average Bonchev–Trinajstić information content (AvgIpc) is 2.64. The van der Waals surface area contributed by atoms with Crippen molar-refractivity contribution < 1.29 is 14.5 Å². The highest BCUT2D eigenvalue weighted by Gasteiger charge is 1.96. The van der Waals surface area contributed by atoms with Crippen molar-refractivity contribution in [3.63, 3.8) is 0 Å². The SMILES string of the molecule is C1CCOC1.C1CCOOC1. The molecule has 0 unspecified atom stereocenters. The van der Waals surface area contributed by atoms with E-state index in [-0.39, 0.29) is 0 Å². The zero-order valence-corrected chi connectivity index (χ0v) is 6.88. The molecule has 2 rings (SSSR count). The monoisotopic (exact) mass is 160 g/mol. The molecule has 2 fully saturated rings. The second kappa shape index (κ2) is 6.58. The van der Waals surface area contributed by atoms with E-state index in [2.05, 4.69) is 9.78 Å². The summed E-state index contributed by atoms with van der Waals surface area (Å²) in [6.45, 7) is 3.56. The van der Waals surface area contributed by atoms with E-state index in [9.17, 15) is 0 Å². The van der Waals surface area contributed by atoms with E-state index in [1.165, 1.54) is 12.8 Å². The van der Waals surface area contributed by atoms with E-state index in [4.69, 9.17) is 4.74 Å². The Balaban J connectivity index is 0.000000112. The van der Waals surface area contributed by atoms with Gasteiger partial charge in [0.1, 0.15) is 0 Å². The fourth-order valence-electron chi connectivity index (χ4n) is 0.950. The van der Waals surface area contributed by atoms with E-state index < -0.39 is 0 Å². The van der Waals surface area contributed by atoms with E-state index in [0.29, 0.717) is 0 Å². The highest BCUT2D eigenvalue weighted by molar-refractivity contribution is 4.43. The van der Waals surface area contributed by atoms with Gasteiger partial charge in [0.05, 0.1) is 13.2 Å². The molecule has 0 saturated carbocycles. The Morgan fingerprint density at radius 2 is 1.00 bits per heavy atom. The Hall–Kier alpha value is -0.120. The summed E-state index contributed by atoms with van der Waals surface area (Å²) in [5, 5.41) is 0. The quantitative estimate of drug-likeness (QED) is 0.503. The number of ether oxygens (including phenoxy) is 1. The van der Waals surface area contributed by atoms with Crippen molar-refractivity contribution in [1.29, 1.82) is 0 Å². The molecule has 2 aliphatic heterocycles. The van der Waals surface area contributed by atoms with Crippen molar-refractivity contribution >= 4 is 0 Å². The summed E-state index contributed by atoms with van der Waals surface area (Å²) in [6, 6.07) is 0. The number of hydrogen-bond acceptors (Lipinski definition) is 3. The van der Waals surface area contributed by atoms with Crippen molar-refractivity contribution in [3.05, 3.63) is 0 Å². The van der Waals surface area contributed by atoms with Crippen molar-refractivity contribution in [2.75, 3.05) is 26.4 Å². The molecule has 2 heterocycles. The zero-order valence-electron chi connectivity index (χ0n) is 6.88. The van der Waals surface area contributed by atoms with Crippen LogP contribution in [0.3, 0.4) is 0 Å². The second-order valence-corrected chi connectivity index (χ2v) is 2.67. The van der Waals surface area contributed by atoms with Crippen LogP contribution in [0.5, 0.6) is 0 Å². The first-order valence-corrected chi connectivity index (χ1v) is 4.32. The third-order valence-electron chi connectivity index (χ3n) is 1.62. The molecule has 3 nitrogen and oxygen atoms in total. The third kappa shape index (κ3) is 5.18. The lowest BCUT2D eigenvalue weighted by molar-refractivity contribution is -0.312. The molecule has 0 spiro atoms.